The van der Waals surface area contributed by atoms with Crippen molar-refractivity contribution in [2.75, 3.05) is 26.2 Å². The number of nitrogens with zero attached hydrogens (tertiary/aromatic N) is 3. The molecule has 1 fully saturated rings. The van der Waals surface area contributed by atoms with Gasteiger partial charge in [0.15, 0.2) is 5.76 Å². The predicted octanol–water partition coefficient (Wildman–Crippen LogP) is 2.09. The number of aromatic nitrogens is 1. The van der Waals surface area contributed by atoms with E-state index in [1.54, 1.807) is 0 Å². The Morgan fingerprint density at radius 1 is 1.14 bits per heavy atom. The summed E-state index contributed by atoms with van der Waals surface area (Å²) < 4.78 is 31.9. The van der Waals surface area contributed by atoms with Crippen molar-refractivity contribution in [1.29, 1.82) is 0 Å². The molecule has 0 spiro atoms. The molecular weight excluding hydrogens is 416 g/mol. The molecule has 4 rings (SSSR count). The molecule has 0 atom stereocenters. The minimum Gasteiger partial charge on any atom is -0.438 e. The first kappa shape index (κ1) is 19.8. The summed E-state index contributed by atoms with van der Waals surface area (Å²) in [6.45, 7) is 2.25. The van der Waals surface area contributed by atoms with Crippen molar-refractivity contribution in [3.8, 4) is 0 Å². The minimum absolute atomic E-state index is 0.180. The van der Waals surface area contributed by atoms with Crippen molar-refractivity contribution in [1.82, 2.24) is 14.2 Å². The van der Waals surface area contributed by atoms with Crippen molar-refractivity contribution in [3.05, 3.63) is 58.9 Å². The number of furan rings is 1. The zero-order valence-electron chi connectivity index (χ0n) is 15.4. The molecule has 2 aromatic heterocycles. The van der Waals surface area contributed by atoms with Gasteiger partial charge in [-0.2, -0.15) is 4.31 Å². The number of hydrogen-bond donors (Lipinski definition) is 1. The van der Waals surface area contributed by atoms with E-state index < -0.39 is 15.9 Å². The van der Waals surface area contributed by atoms with Crippen LogP contribution in [0.4, 0.5) is 0 Å². The van der Waals surface area contributed by atoms with Gasteiger partial charge < -0.3 is 10.2 Å². The van der Waals surface area contributed by atoms with Crippen LogP contribution in [0.15, 0.2) is 52.0 Å². The minimum atomic E-state index is -3.81. The fourth-order valence-electron chi connectivity index (χ4n) is 3.33. The third-order valence-electron chi connectivity index (χ3n) is 4.89. The van der Waals surface area contributed by atoms with Gasteiger partial charge in [0.2, 0.25) is 5.09 Å². The lowest BCUT2D eigenvalue weighted by molar-refractivity contribution is 0.0968. The van der Waals surface area contributed by atoms with Crippen molar-refractivity contribution in [3.63, 3.8) is 0 Å². The molecule has 8 nitrogen and oxygen atoms in total. The molecule has 0 saturated carbocycles. The maximum absolute atomic E-state index is 12.7. The standard InChI is InChI=1S/C19H19ClN4O4S/c20-18-14(11-13-3-1-2-4-15(13)22-18)12-23-7-9-24(10-8-23)29(26,27)17-6-5-16(28-17)19(21)25/h1-6,11H,7-10,12H2,(H2,21,25). The second-order valence-corrected chi connectivity index (χ2v) is 9.02. The number of halogens is 1. The molecule has 0 aliphatic carbocycles. The Balaban J connectivity index is 1.44. The number of primary amides is 1. The number of carbonyl (C=O) groups excluding carboxylic acids is 1. The first-order chi connectivity index (χ1) is 13.8. The molecule has 1 aliphatic rings. The van der Waals surface area contributed by atoms with E-state index in [4.69, 9.17) is 21.8 Å². The molecule has 3 aromatic rings. The molecule has 0 radical (unpaired) electrons. The number of carbonyl (C=O) groups is 1. The highest BCUT2D eigenvalue weighted by molar-refractivity contribution is 7.89. The van der Waals surface area contributed by atoms with Crippen LogP contribution in [0.3, 0.4) is 0 Å². The third-order valence-corrected chi connectivity index (χ3v) is 6.99. The Kier molecular flexibility index (Phi) is 5.30. The van der Waals surface area contributed by atoms with Crippen molar-refractivity contribution in [2.24, 2.45) is 5.73 Å². The van der Waals surface area contributed by atoms with Crippen LogP contribution in [-0.4, -0.2) is 54.7 Å². The number of amides is 1. The Bertz CT molecular complexity index is 1170. The van der Waals surface area contributed by atoms with E-state index >= 15 is 0 Å². The first-order valence-electron chi connectivity index (χ1n) is 9.01. The summed E-state index contributed by atoms with van der Waals surface area (Å²) in [5.41, 5.74) is 6.86. The maximum atomic E-state index is 12.7. The molecule has 0 unspecified atom stereocenters. The van der Waals surface area contributed by atoms with Crippen LogP contribution in [-0.2, 0) is 16.6 Å². The van der Waals surface area contributed by atoms with E-state index in [1.165, 1.54) is 16.4 Å². The van der Waals surface area contributed by atoms with E-state index in [9.17, 15) is 13.2 Å². The first-order valence-corrected chi connectivity index (χ1v) is 10.8. The quantitative estimate of drug-likeness (QED) is 0.615. The second-order valence-electron chi connectivity index (χ2n) is 6.79. The number of nitrogens with two attached hydrogens (primary N) is 1. The number of fused-ring (bicyclic) bond motifs is 1. The molecule has 0 bridgehead atoms. The van der Waals surface area contributed by atoms with Gasteiger partial charge in [-0.25, -0.2) is 13.4 Å². The Hall–Kier alpha value is -2.46. The monoisotopic (exact) mass is 434 g/mol. The van der Waals surface area contributed by atoms with Gasteiger partial charge in [0.1, 0.15) is 5.15 Å². The number of rotatable bonds is 5. The molecule has 29 heavy (non-hydrogen) atoms. The van der Waals surface area contributed by atoms with Crippen LogP contribution in [0.25, 0.3) is 10.9 Å². The number of piperazine rings is 1. The summed E-state index contributed by atoms with van der Waals surface area (Å²) in [6, 6.07) is 12.3. The Morgan fingerprint density at radius 3 is 2.55 bits per heavy atom. The van der Waals surface area contributed by atoms with Crippen LogP contribution in [0.5, 0.6) is 0 Å². The SMILES string of the molecule is NC(=O)c1ccc(S(=O)(=O)N2CCN(Cc3cc4ccccc4nc3Cl)CC2)o1. The lowest BCUT2D eigenvalue weighted by Crippen LogP contribution is -2.48. The van der Waals surface area contributed by atoms with E-state index in [0.29, 0.717) is 37.9 Å². The maximum Gasteiger partial charge on any atom is 0.284 e. The molecule has 1 amide bonds. The number of hydrogen-bond acceptors (Lipinski definition) is 6. The summed E-state index contributed by atoms with van der Waals surface area (Å²) in [5, 5.41) is 1.19. The fraction of sp³-hybridized carbons (Fsp3) is 0.263. The topological polar surface area (TPSA) is 110 Å². The summed E-state index contributed by atoms with van der Waals surface area (Å²) in [7, 11) is -3.81. The number of pyridine rings is 1. The summed E-state index contributed by atoms with van der Waals surface area (Å²) >= 11 is 6.34. The fourth-order valence-corrected chi connectivity index (χ4v) is 4.87. The zero-order chi connectivity index (χ0) is 20.6. The summed E-state index contributed by atoms with van der Waals surface area (Å²) in [4.78, 5) is 17.7. The van der Waals surface area contributed by atoms with Crippen LogP contribution < -0.4 is 5.73 Å². The van der Waals surface area contributed by atoms with Gasteiger partial charge >= 0.3 is 0 Å². The average Bonchev–Trinajstić information content (AvgIpc) is 3.20. The molecule has 3 heterocycles. The van der Waals surface area contributed by atoms with Crippen molar-refractivity contribution in [2.45, 2.75) is 11.6 Å². The molecular formula is C19H19ClN4O4S. The lowest BCUT2D eigenvalue weighted by Gasteiger charge is -2.33. The molecule has 152 valence electrons. The predicted molar refractivity (Wildman–Crippen MR) is 108 cm³/mol. The third kappa shape index (κ3) is 3.99. The number of benzene rings is 1. The zero-order valence-corrected chi connectivity index (χ0v) is 17.0. The lowest BCUT2D eigenvalue weighted by atomic mass is 10.1. The van der Waals surface area contributed by atoms with Gasteiger partial charge in [0.25, 0.3) is 15.9 Å². The summed E-state index contributed by atoms with van der Waals surface area (Å²) in [5.74, 6) is -0.988. The molecule has 10 heteroatoms. The molecule has 1 aliphatic heterocycles. The molecule has 2 N–H and O–H groups in total. The van der Waals surface area contributed by atoms with Crippen molar-refractivity contribution < 1.29 is 17.6 Å². The Labute approximate surface area is 172 Å². The van der Waals surface area contributed by atoms with E-state index in [-0.39, 0.29) is 10.9 Å². The van der Waals surface area contributed by atoms with Crippen LogP contribution in [0.2, 0.25) is 5.15 Å². The van der Waals surface area contributed by atoms with Crippen LogP contribution in [0, 0.1) is 0 Å². The normalized spacial score (nSPS) is 16.3. The van der Waals surface area contributed by atoms with Gasteiger partial charge in [-0.3, -0.25) is 9.69 Å². The van der Waals surface area contributed by atoms with Gasteiger partial charge in [-0.15, -0.1) is 0 Å². The van der Waals surface area contributed by atoms with E-state index in [1.807, 2.05) is 30.3 Å². The largest absolute Gasteiger partial charge is 0.438 e. The smallest absolute Gasteiger partial charge is 0.284 e. The van der Waals surface area contributed by atoms with Gasteiger partial charge in [-0.05, 0) is 24.3 Å². The Morgan fingerprint density at radius 2 is 1.86 bits per heavy atom. The van der Waals surface area contributed by atoms with E-state index in [0.717, 1.165) is 16.5 Å². The molecule has 1 saturated heterocycles. The van der Waals surface area contributed by atoms with Gasteiger partial charge in [-0.1, -0.05) is 29.8 Å². The van der Waals surface area contributed by atoms with Crippen LogP contribution >= 0.6 is 11.6 Å². The van der Waals surface area contributed by atoms with Crippen LogP contribution in [0.1, 0.15) is 16.1 Å². The summed E-state index contributed by atoms with van der Waals surface area (Å²) in [6.07, 6.45) is 0. The highest BCUT2D eigenvalue weighted by atomic mass is 35.5. The van der Waals surface area contributed by atoms with E-state index in [2.05, 4.69) is 9.88 Å². The van der Waals surface area contributed by atoms with Gasteiger partial charge in [0.05, 0.1) is 5.52 Å². The number of sulfonamides is 1. The van der Waals surface area contributed by atoms with Crippen molar-refractivity contribution >= 4 is 38.4 Å². The highest BCUT2D eigenvalue weighted by Gasteiger charge is 2.31. The second kappa shape index (κ2) is 7.75. The van der Waals surface area contributed by atoms with Gasteiger partial charge in [0, 0.05) is 43.7 Å². The number of para-hydroxylation sites is 1. The molecule has 1 aromatic carbocycles. The average molecular weight is 435 g/mol. The highest BCUT2D eigenvalue weighted by Crippen LogP contribution is 2.24.